The minimum Gasteiger partial charge on any atom is -0.496 e. The number of hydrogen-bond acceptors (Lipinski definition) is 6. The summed E-state index contributed by atoms with van der Waals surface area (Å²) in [6, 6.07) is 5.39. The van der Waals surface area contributed by atoms with Crippen molar-refractivity contribution in [2.45, 2.75) is 32.9 Å². The van der Waals surface area contributed by atoms with Crippen LogP contribution in [0.15, 0.2) is 28.6 Å². The van der Waals surface area contributed by atoms with Crippen molar-refractivity contribution in [3.05, 3.63) is 45.4 Å². The first kappa shape index (κ1) is 24.2. The number of hydrogen-bond donors (Lipinski definition) is 2. The van der Waals surface area contributed by atoms with Gasteiger partial charge in [-0.1, -0.05) is 19.9 Å². The molecule has 2 rings (SSSR count). The fourth-order valence-corrected chi connectivity index (χ4v) is 3.27. The number of rotatable bonds is 7. The first-order valence-electron chi connectivity index (χ1n) is 8.62. The molecular formula is C19H27IN4O3S. The van der Waals surface area contributed by atoms with E-state index < -0.39 is 5.97 Å². The molecule has 7 nitrogen and oxygen atoms in total. The minimum atomic E-state index is -0.430. The molecule has 2 aromatic rings. The van der Waals surface area contributed by atoms with Crippen LogP contribution < -0.4 is 15.4 Å². The van der Waals surface area contributed by atoms with E-state index in [-0.39, 0.29) is 24.0 Å². The second-order valence-corrected chi connectivity index (χ2v) is 7.07. The summed E-state index contributed by atoms with van der Waals surface area (Å²) >= 11 is 1.63. The maximum Gasteiger partial charge on any atom is 0.341 e. The Balaban J connectivity index is 0.00000392. The van der Waals surface area contributed by atoms with Crippen LogP contribution in [0.5, 0.6) is 5.75 Å². The standard InChI is InChI=1S/C19H26N4O3S.HI/c1-12(2)15-11-27-17(23-15)10-22-19(20-3)21-9-13-6-7-16(25-4)14(8-13)18(24)26-5;/h6-8,11-12H,9-10H2,1-5H3,(H2,20,21,22);1H. The molecule has 154 valence electrons. The summed E-state index contributed by atoms with van der Waals surface area (Å²) in [5.41, 5.74) is 2.41. The summed E-state index contributed by atoms with van der Waals surface area (Å²) in [6.45, 7) is 5.37. The Morgan fingerprint density at radius 3 is 2.54 bits per heavy atom. The highest BCUT2D eigenvalue weighted by atomic mass is 127. The highest BCUT2D eigenvalue weighted by molar-refractivity contribution is 14.0. The zero-order chi connectivity index (χ0) is 19.8. The molecule has 9 heteroatoms. The second-order valence-electron chi connectivity index (χ2n) is 6.13. The van der Waals surface area contributed by atoms with E-state index in [0.717, 1.165) is 16.3 Å². The number of nitrogens with one attached hydrogen (secondary N) is 2. The first-order chi connectivity index (χ1) is 13.0. The summed E-state index contributed by atoms with van der Waals surface area (Å²) in [7, 11) is 4.58. The van der Waals surface area contributed by atoms with E-state index in [9.17, 15) is 4.79 Å². The molecule has 1 heterocycles. The summed E-state index contributed by atoms with van der Waals surface area (Å²) in [6.07, 6.45) is 0. The van der Waals surface area contributed by atoms with Crippen LogP contribution in [0.2, 0.25) is 0 Å². The van der Waals surface area contributed by atoms with E-state index in [1.165, 1.54) is 14.2 Å². The number of esters is 1. The number of aromatic nitrogens is 1. The van der Waals surface area contributed by atoms with E-state index in [4.69, 9.17) is 9.47 Å². The average molecular weight is 518 g/mol. The molecule has 1 aromatic heterocycles. The maximum atomic E-state index is 11.9. The van der Waals surface area contributed by atoms with Gasteiger partial charge in [0.25, 0.3) is 0 Å². The predicted octanol–water partition coefficient (Wildman–Crippen LogP) is 3.54. The summed E-state index contributed by atoms with van der Waals surface area (Å²) in [5.74, 6) is 1.14. The van der Waals surface area contributed by atoms with Crippen LogP contribution in [-0.4, -0.2) is 38.2 Å². The first-order valence-corrected chi connectivity index (χ1v) is 9.50. The Morgan fingerprint density at radius 2 is 1.96 bits per heavy atom. The summed E-state index contributed by atoms with van der Waals surface area (Å²) in [4.78, 5) is 20.7. The molecule has 0 amide bonds. The zero-order valence-electron chi connectivity index (χ0n) is 16.7. The highest BCUT2D eigenvalue weighted by Gasteiger charge is 2.13. The number of methoxy groups -OCH3 is 2. The number of aliphatic imine (C=N–C) groups is 1. The minimum absolute atomic E-state index is 0. The van der Waals surface area contributed by atoms with Gasteiger partial charge < -0.3 is 20.1 Å². The Hall–Kier alpha value is -1.88. The molecule has 28 heavy (non-hydrogen) atoms. The third-order valence-electron chi connectivity index (χ3n) is 3.92. The van der Waals surface area contributed by atoms with Crippen LogP contribution in [-0.2, 0) is 17.8 Å². The fraction of sp³-hybridized carbons (Fsp3) is 0.421. The monoisotopic (exact) mass is 518 g/mol. The van der Waals surface area contributed by atoms with Crippen LogP contribution in [0.4, 0.5) is 0 Å². The third-order valence-corrected chi connectivity index (χ3v) is 4.79. The molecule has 0 aliphatic heterocycles. The average Bonchev–Trinajstić information content (AvgIpc) is 3.16. The van der Waals surface area contributed by atoms with Crippen LogP contribution in [0.1, 0.15) is 46.4 Å². The smallest absolute Gasteiger partial charge is 0.341 e. The van der Waals surface area contributed by atoms with Crippen molar-refractivity contribution >= 4 is 47.2 Å². The van der Waals surface area contributed by atoms with Crippen molar-refractivity contribution < 1.29 is 14.3 Å². The van der Waals surface area contributed by atoms with Crippen LogP contribution in [0.25, 0.3) is 0 Å². The van der Waals surface area contributed by atoms with Gasteiger partial charge in [0, 0.05) is 19.0 Å². The van der Waals surface area contributed by atoms with Gasteiger partial charge in [0.05, 0.1) is 26.5 Å². The van der Waals surface area contributed by atoms with Gasteiger partial charge in [-0.25, -0.2) is 9.78 Å². The summed E-state index contributed by atoms with van der Waals surface area (Å²) in [5, 5.41) is 9.58. The van der Waals surface area contributed by atoms with Crippen molar-refractivity contribution in [3.8, 4) is 5.75 Å². The van der Waals surface area contributed by atoms with Crippen molar-refractivity contribution in [1.82, 2.24) is 15.6 Å². The van der Waals surface area contributed by atoms with Crippen LogP contribution in [0, 0.1) is 0 Å². The molecule has 2 N–H and O–H groups in total. The number of carbonyl (C=O) groups is 1. The van der Waals surface area contributed by atoms with E-state index >= 15 is 0 Å². The Kier molecular flexibility index (Phi) is 10.2. The molecule has 0 unspecified atom stereocenters. The zero-order valence-corrected chi connectivity index (χ0v) is 19.9. The molecule has 0 bridgehead atoms. The Morgan fingerprint density at radius 1 is 1.25 bits per heavy atom. The third kappa shape index (κ3) is 6.62. The predicted molar refractivity (Wildman–Crippen MR) is 123 cm³/mol. The molecule has 0 radical (unpaired) electrons. The van der Waals surface area contributed by atoms with Gasteiger partial charge >= 0.3 is 5.97 Å². The number of benzene rings is 1. The van der Waals surface area contributed by atoms with E-state index in [2.05, 4.69) is 39.8 Å². The van der Waals surface area contributed by atoms with Gasteiger partial charge in [-0.15, -0.1) is 35.3 Å². The van der Waals surface area contributed by atoms with Gasteiger partial charge in [-0.05, 0) is 23.6 Å². The number of guanidine groups is 1. The van der Waals surface area contributed by atoms with Gasteiger partial charge in [0.15, 0.2) is 5.96 Å². The molecule has 0 saturated heterocycles. The maximum absolute atomic E-state index is 11.9. The van der Waals surface area contributed by atoms with Crippen LogP contribution >= 0.6 is 35.3 Å². The molecule has 0 fully saturated rings. The van der Waals surface area contributed by atoms with E-state index in [1.54, 1.807) is 30.5 Å². The quantitative estimate of drug-likeness (QED) is 0.253. The summed E-state index contributed by atoms with van der Waals surface area (Å²) < 4.78 is 10.0. The van der Waals surface area contributed by atoms with Gasteiger partial charge in [0.2, 0.25) is 0 Å². The molecule has 0 aliphatic carbocycles. The van der Waals surface area contributed by atoms with Gasteiger partial charge in [-0.2, -0.15) is 0 Å². The SMILES string of the molecule is CN=C(NCc1ccc(OC)c(C(=O)OC)c1)NCc1nc(C(C)C)cs1.I. The molecule has 0 saturated carbocycles. The number of thiazole rings is 1. The van der Waals surface area contributed by atoms with E-state index in [1.807, 2.05) is 6.07 Å². The van der Waals surface area contributed by atoms with Crippen LogP contribution in [0.3, 0.4) is 0 Å². The Bertz CT molecular complexity index is 808. The van der Waals surface area contributed by atoms with Gasteiger partial charge in [0.1, 0.15) is 16.3 Å². The normalized spacial score (nSPS) is 11.0. The lowest BCUT2D eigenvalue weighted by Gasteiger charge is -2.13. The molecule has 1 aromatic carbocycles. The number of nitrogens with zero attached hydrogens (tertiary/aromatic N) is 2. The largest absolute Gasteiger partial charge is 0.496 e. The van der Waals surface area contributed by atoms with Crippen molar-refractivity contribution in [2.75, 3.05) is 21.3 Å². The lowest BCUT2D eigenvalue weighted by atomic mass is 10.1. The lowest BCUT2D eigenvalue weighted by Crippen LogP contribution is -2.36. The fourth-order valence-electron chi connectivity index (χ4n) is 2.37. The van der Waals surface area contributed by atoms with E-state index in [0.29, 0.717) is 36.3 Å². The van der Waals surface area contributed by atoms with Gasteiger partial charge in [-0.3, -0.25) is 4.99 Å². The van der Waals surface area contributed by atoms with Crippen molar-refractivity contribution in [1.29, 1.82) is 0 Å². The number of halogens is 1. The Labute approximate surface area is 187 Å². The van der Waals surface area contributed by atoms with Crippen molar-refractivity contribution in [2.24, 2.45) is 4.99 Å². The number of carbonyl (C=O) groups excluding carboxylic acids is 1. The number of ether oxygens (including phenoxy) is 2. The molecule has 0 aliphatic rings. The highest BCUT2D eigenvalue weighted by Crippen LogP contribution is 2.21. The second kappa shape index (κ2) is 11.8. The topological polar surface area (TPSA) is 84.8 Å². The van der Waals surface area contributed by atoms with Crippen molar-refractivity contribution in [3.63, 3.8) is 0 Å². The lowest BCUT2D eigenvalue weighted by molar-refractivity contribution is 0.0597. The molecular weight excluding hydrogens is 491 g/mol. The molecule has 0 spiro atoms. The molecule has 0 atom stereocenters.